The maximum atomic E-state index is 14.3. The van der Waals surface area contributed by atoms with Crippen LogP contribution in [-0.2, 0) is 11.8 Å². The van der Waals surface area contributed by atoms with Crippen LogP contribution in [0.25, 0.3) is 16.9 Å². The maximum absolute atomic E-state index is 14.3. The van der Waals surface area contributed by atoms with Gasteiger partial charge in [-0.05, 0) is 49.9 Å². The topological polar surface area (TPSA) is 34.9 Å². The molecule has 164 valence electrons. The number of halogens is 1. The van der Waals surface area contributed by atoms with Gasteiger partial charge in [0.15, 0.2) is 5.16 Å². The third-order valence-electron chi connectivity index (χ3n) is 6.71. The van der Waals surface area contributed by atoms with Crippen molar-refractivity contribution in [3.05, 3.63) is 86.6 Å². The highest BCUT2D eigenvalue weighted by atomic mass is 79.9. The van der Waals surface area contributed by atoms with E-state index in [0.717, 1.165) is 62.7 Å². The van der Waals surface area contributed by atoms with Gasteiger partial charge in [-0.2, -0.15) is 0 Å². The molecule has 0 amide bonds. The summed E-state index contributed by atoms with van der Waals surface area (Å²) in [5, 5.41) is 0.734. The van der Waals surface area contributed by atoms with Gasteiger partial charge in [-0.1, -0.05) is 89.4 Å². The fourth-order valence-corrected chi connectivity index (χ4v) is 6.55. The minimum Gasteiger partial charge on any atom is -0.268 e. The van der Waals surface area contributed by atoms with Crippen molar-refractivity contribution in [2.24, 2.45) is 0 Å². The summed E-state index contributed by atoms with van der Waals surface area (Å²) in [6.07, 6.45) is 6.64. The molecule has 3 aromatic rings. The molecule has 0 unspecified atom stereocenters. The van der Waals surface area contributed by atoms with E-state index in [-0.39, 0.29) is 11.0 Å². The molecular formula is C27H27BrN2OS. The highest BCUT2D eigenvalue weighted by molar-refractivity contribution is 9.10. The van der Waals surface area contributed by atoms with E-state index in [1.165, 1.54) is 24.8 Å². The third-order valence-corrected chi connectivity index (χ3v) is 8.37. The summed E-state index contributed by atoms with van der Waals surface area (Å²) >= 11 is 5.17. The average molecular weight is 507 g/mol. The van der Waals surface area contributed by atoms with Gasteiger partial charge in [-0.3, -0.25) is 9.36 Å². The summed E-state index contributed by atoms with van der Waals surface area (Å²) in [5.74, 6) is 0.728. The molecule has 0 aliphatic heterocycles. The van der Waals surface area contributed by atoms with E-state index in [0.29, 0.717) is 0 Å². The van der Waals surface area contributed by atoms with Gasteiger partial charge in [0, 0.05) is 21.2 Å². The number of hydrogen-bond donors (Lipinski definition) is 0. The summed E-state index contributed by atoms with van der Waals surface area (Å²) < 4.78 is 2.79. The van der Waals surface area contributed by atoms with Gasteiger partial charge in [0.05, 0.1) is 16.9 Å². The Morgan fingerprint density at radius 2 is 1.94 bits per heavy atom. The summed E-state index contributed by atoms with van der Waals surface area (Å²) in [7, 11) is 0. The second-order valence-electron chi connectivity index (χ2n) is 9.16. The van der Waals surface area contributed by atoms with Crippen LogP contribution < -0.4 is 5.56 Å². The Morgan fingerprint density at radius 1 is 1.16 bits per heavy atom. The van der Waals surface area contributed by atoms with E-state index in [9.17, 15) is 4.79 Å². The zero-order valence-corrected chi connectivity index (χ0v) is 20.8. The quantitative estimate of drug-likeness (QED) is 0.215. The molecule has 5 heteroatoms. The van der Waals surface area contributed by atoms with E-state index in [2.05, 4.69) is 46.8 Å². The predicted octanol–water partition coefficient (Wildman–Crippen LogP) is 7.09. The molecular weight excluding hydrogens is 480 g/mol. The van der Waals surface area contributed by atoms with E-state index in [1.807, 2.05) is 35.8 Å². The van der Waals surface area contributed by atoms with E-state index in [4.69, 9.17) is 4.98 Å². The molecule has 3 nitrogen and oxygen atoms in total. The van der Waals surface area contributed by atoms with Gasteiger partial charge in [-0.15, -0.1) is 0 Å². The van der Waals surface area contributed by atoms with Crippen LogP contribution in [-0.4, -0.2) is 15.3 Å². The van der Waals surface area contributed by atoms with Crippen molar-refractivity contribution < 1.29 is 0 Å². The lowest BCUT2D eigenvalue weighted by Crippen LogP contribution is -2.42. The van der Waals surface area contributed by atoms with Crippen LogP contribution in [0, 0.1) is 0 Å². The van der Waals surface area contributed by atoms with Crippen LogP contribution in [0.15, 0.2) is 75.1 Å². The van der Waals surface area contributed by atoms with Crippen LogP contribution >= 0.6 is 27.7 Å². The minimum atomic E-state index is -0.114. The second kappa shape index (κ2) is 8.68. The van der Waals surface area contributed by atoms with E-state index >= 15 is 0 Å². The van der Waals surface area contributed by atoms with Crippen LogP contribution in [0.3, 0.4) is 0 Å². The lowest BCUT2D eigenvalue weighted by Gasteiger charge is -2.42. The van der Waals surface area contributed by atoms with Crippen LogP contribution in [0.1, 0.15) is 50.2 Å². The van der Waals surface area contributed by atoms with Gasteiger partial charge in [0.2, 0.25) is 0 Å². The van der Waals surface area contributed by atoms with Crippen molar-refractivity contribution >= 4 is 27.7 Å². The standard InChI is InChI=1S/C27H27BrN2OS/c1-18(2)17-32-26-29-24-22-12-5-4-9-19(22)16-27(13-6-3-7-14-27)23(24)25(31)30(26)21-11-8-10-20(28)15-21/h4-5,8-12,15H,1,3,6-7,13-14,16-17H2,2H3. The first-order valence-electron chi connectivity index (χ1n) is 11.3. The Morgan fingerprint density at radius 3 is 2.69 bits per heavy atom. The SMILES string of the molecule is C=C(C)CSc1nc2c(c(=O)n1-c1cccc(Br)c1)C1(CCCCC1)Cc1ccccc1-2. The Hall–Kier alpha value is -2.11. The molecule has 0 saturated heterocycles. The lowest BCUT2D eigenvalue weighted by molar-refractivity contribution is 0.283. The Balaban J connectivity index is 1.82. The zero-order chi connectivity index (χ0) is 22.3. The number of fused-ring (bicyclic) bond motifs is 4. The molecule has 0 atom stereocenters. The Bertz CT molecular complexity index is 1260. The van der Waals surface area contributed by atoms with Crippen LogP contribution in [0.4, 0.5) is 0 Å². The van der Waals surface area contributed by atoms with E-state index < -0.39 is 0 Å². The normalized spacial score (nSPS) is 16.4. The third kappa shape index (κ3) is 3.80. The van der Waals surface area contributed by atoms with Crippen molar-refractivity contribution in [2.45, 2.75) is 56.0 Å². The number of hydrogen-bond acceptors (Lipinski definition) is 3. The molecule has 1 heterocycles. The second-order valence-corrected chi connectivity index (χ2v) is 11.0. The highest BCUT2D eigenvalue weighted by Gasteiger charge is 2.43. The molecule has 1 spiro atoms. The number of nitrogens with zero attached hydrogens (tertiary/aromatic N) is 2. The van der Waals surface area contributed by atoms with Crippen molar-refractivity contribution in [3.8, 4) is 16.9 Å². The fraction of sp³-hybridized carbons (Fsp3) is 0.333. The predicted molar refractivity (Wildman–Crippen MR) is 137 cm³/mol. The summed E-state index contributed by atoms with van der Waals surface area (Å²) in [6.45, 7) is 6.07. The number of benzene rings is 2. The van der Waals surface area contributed by atoms with Crippen molar-refractivity contribution in [2.75, 3.05) is 5.75 Å². The molecule has 1 fully saturated rings. The van der Waals surface area contributed by atoms with E-state index in [1.54, 1.807) is 11.8 Å². The lowest BCUT2D eigenvalue weighted by atomic mass is 9.62. The molecule has 0 bridgehead atoms. The molecule has 2 aliphatic carbocycles. The molecule has 32 heavy (non-hydrogen) atoms. The molecule has 1 saturated carbocycles. The number of thioether (sulfide) groups is 1. The van der Waals surface area contributed by atoms with Gasteiger partial charge in [-0.25, -0.2) is 4.98 Å². The van der Waals surface area contributed by atoms with Crippen molar-refractivity contribution in [1.29, 1.82) is 0 Å². The Labute approximate surface area is 202 Å². The van der Waals surface area contributed by atoms with Gasteiger partial charge < -0.3 is 0 Å². The molecule has 0 N–H and O–H groups in total. The largest absolute Gasteiger partial charge is 0.268 e. The van der Waals surface area contributed by atoms with Gasteiger partial charge in [0.1, 0.15) is 0 Å². The van der Waals surface area contributed by atoms with Crippen molar-refractivity contribution in [3.63, 3.8) is 0 Å². The number of aromatic nitrogens is 2. The monoisotopic (exact) mass is 506 g/mol. The summed E-state index contributed by atoms with van der Waals surface area (Å²) in [6, 6.07) is 16.5. The first-order valence-corrected chi connectivity index (χ1v) is 13.1. The molecule has 2 aliphatic rings. The summed E-state index contributed by atoms with van der Waals surface area (Å²) in [5.41, 5.74) is 6.16. The number of rotatable bonds is 4. The summed E-state index contributed by atoms with van der Waals surface area (Å²) in [4.78, 5) is 19.6. The van der Waals surface area contributed by atoms with Gasteiger partial charge >= 0.3 is 0 Å². The van der Waals surface area contributed by atoms with Crippen LogP contribution in [0.2, 0.25) is 0 Å². The average Bonchev–Trinajstić information content (AvgIpc) is 2.78. The van der Waals surface area contributed by atoms with Crippen molar-refractivity contribution in [1.82, 2.24) is 9.55 Å². The minimum absolute atomic E-state index is 0.0914. The highest BCUT2D eigenvalue weighted by Crippen LogP contribution is 2.49. The molecule has 1 aromatic heterocycles. The first kappa shape index (κ1) is 21.7. The van der Waals surface area contributed by atoms with Crippen LogP contribution in [0.5, 0.6) is 0 Å². The first-order chi connectivity index (χ1) is 15.5. The molecule has 5 rings (SSSR count). The maximum Gasteiger partial charge on any atom is 0.263 e. The smallest absolute Gasteiger partial charge is 0.263 e. The van der Waals surface area contributed by atoms with Gasteiger partial charge in [0.25, 0.3) is 5.56 Å². The Kier molecular flexibility index (Phi) is 5.89. The zero-order valence-electron chi connectivity index (χ0n) is 18.4. The fourth-order valence-electron chi connectivity index (χ4n) is 5.32. The molecule has 0 radical (unpaired) electrons. The molecule has 2 aromatic carbocycles.